The molecular formula is C59H59F2N8O12PS. The number of piperidine rings is 1. The van der Waals surface area contributed by atoms with Crippen molar-refractivity contribution in [1.29, 1.82) is 0 Å². The van der Waals surface area contributed by atoms with Crippen LogP contribution in [0.4, 0.5) is 13.6 Å². The van der Waals surface area contributed by atoms with Crippen LogP contribution in [-0.2, 0) is 45.5 Å². The van der Waals surface area contributed by atoms with Gasteiger partial charge in [-0.1, -0.05) is 78.3 Å². The van der Waals surface area contributed by atoms with Gasteiger partial charge in [-0.2, -0.15) is 8.78 Å². The quantitative estimate of drug-likeness (QED) is 0.0292. The Morgan fingerprint density at radius 3 is 2.31 bits per heavy atom. The molecule has 1 aromatic heterocycles. The van der Waals surface area contributed by atoms with Crippen molar-refractivity contribution < 1.29 is 66.2 Å². The summed E-state index contributed by atoms with van der Waals surface area (Å²) >= 11 is 0.923. The summed E-state index contributed by atoms with van der Waals surface area (Å²) in [6.45, 7) is 0.118. The van der Waals surface area contributed by atoms with E-state index in [4.69, 9.17) is 10.5 Å². The Kier molecular flexibility index (Phi) is 18.2. The van der Waals surface area contributed by atoms with Crippen molar-refractivity contribution in [3.05, 3.63) is 141 Å². The van der Waals surface area contributed by atoms with E-state index in [1.807, 2.05) is 53.4 Å². The molecule has 4 aliphatic rings. The fourth-order valence-electron chi connectivity index (χ4n) is 10.7. The van der Waals surface area contributed by atoms with E-state index in [0.717, 1.165) is 53.0 Å². The zero-order chi connectivity index (χ0) is 59.2. The molecule has 0 bridgehead atoms. The number of nitrogens with two attached hydrogens (primary N) is 1. The van der Waals surface area contributed by atoms with Crippen molar-refractivity contribution >= 4 is 76.5 Å². The second-order valence-corrected chi connectivity index (χ2v) is 23.5. The number of fused-ring (bicyclic) bond motifs is 3. The zero-order valence-electron chi connectivity index (χ0n) is 44.9. The van der Waals surface area contributed by atoms with Crippen molar-refractivity contribution in [2.45, 2.75) is 106 Å². The number of primary amides is 1. The molecular weight excluding hydrogens is 1110 g/mol. The van der Waals surface area contributed by atoms with E-state index < -0.39 is 97.3 Å². The summed E-state index contributed by atoms with van der Waals surface area (Å²) in [5, 5.41) is 10.9. The molecule has 4 aromatic carbocycles. The van der Waals surface area contributed by atoms with Gasteiger partial charge in [0.05, 0.1) is 10.9 Å². The Labute approximate surface area is 480 Å². The maximum atomic E-state index is 14.6. The van der Waals surface area contributed by atoms with Crippen LogP contribution in [0.3, 0.4) is 0 Å². The fraction of sp³-hybridized carbons (Fsp3) is 0.356. The van der Waals surface area contributed by atoms with Gasteiger partial charge >= 0.3 is 19.4 Å². The summed E-state index contributed by atoms with van der Waals surface area (Å²) in [7, 11) is -4.09. The molecule has 83 heavy (non-hydrogen) atoms. The average molecular weight is 1170 g/mol. The highest BCUT2D eigenvalue weighted by molar-refractivity contribution is 7.52. The third kappa shape index (κ3) is 13.6. The number of hydrogen-bond donors (Lipinski definition) is 7. The molecule has 9 rings (SSSR count). The Bertz CT molecular complexity index is 3560. The van der Waals surface area contributed by atoms with Gasteiger partial charge in [-0.15, -0.1) is 11.3 Å². The Hall–Kier alpha value is -8.31. The van der Waals surface area contributed by atoms with Gasteiger partial charge in [-0.25, -0.2) is 4.79 Å². The molecule has 6 atom stereocenters. The molecule has 0 aliphatic carbocycles. The van der Waals surface area contributed by atoms with Gasteiger partial charge in [0.15, 0.2) is 0 Å². The van der Waals surface area contributed by atoms with Crippen molar-refractivity contribution in [1.82, 2.24) is 36.0 Å². The third-order valence-corrected chi connectivity index (χ3v) is 17.1. The van der Waals surface area contributed by atoms with Crippen LogP contribution in [0.5, 0.6) is 0 Å². The molecule has 5 aromatic rings. The summed E-state index contributed by atoms with van der Waals surface area (Å²) in [6, 6.07) is 20.2. The van der Waals surface area contributed by atoms with E-state index in [-0.39, 0.29) is 54.4 Å². The number of nitrogens with one attached hydrogen (secondary N) is 4. The number of amides is 8. The summed E-state index contributed by atoms with van der Waals surface area (Å²) in [5.74, 6) is 8.96. The number of unbranched alkanes of at least 4 members (excludes halogenated alkanes) is 3. The second-order valence-electron chi connectivity index (χ2n) is 20.7. The lowest BCUT2D eigenvalue weighted by atomic mass is 9.97. The molecule has 3 fully saturated rings. The number of hydrogen-bond acceptors (Lipinski definition) is 12. The monoisotopic (exact) mass is 1170 g/mol. The van der Waals surface area contributed by atoms with E-state index in [1.165, 1.54) is 21.9 Å². The first-order valence-electron chi connectivity index (χ1n) is 26.9. The normalized spacial score (nSPS) is 19.8. The molecule has 432 valence electrons. The van der Waals surface area contributed by atoms with Crippen LogP contribution < -0.4 is 27.0 Å². The predicted octanol–water partition coefficient (Wildman–Crippen LogP) is 5.13. The molecule has 4 aliphatic heterocycles. The minimum Gasteiger partial charge on any atom is -0.447 e. The number of ether oxygens (including phenoxy) is 1. The van der Waals surface area contributed by atoms with Gasteiger partial charge in [0.25, 0.3) is 11.8 Å². The van der Waals surface area contributed by atoms with Gasteiger partial charge in [-0.05, 0) is 117 Å². The minimum absolute atomic E-state index is 0.0323. The van der Waals surface area contributed by atoms with Crippen molar-refractivity contribution in [3.8, 4) is 23.7 Å². The van der Waals surface area contributed by atoms with Crippen LogP contribution in [-0.4, -0.2) is 129 Å². The Balaban J connectivity index is 0.821. The zero-order valence-corrected chi connectivity index (χ0v) is 46.6. The number of nitrogens with zero attached hydrogens (tertiary/aromatic N) is 3. The molecule has 8 amide bonds. The lowest BCUT2D eigenvalue weighted by Crippen LogP contribution is -2.61. The number of imide groups is 1. The van der Waals surface area contributed by atoms with E-state index in [0.29, 0.717) is 53.6 Å². The predicted molar refractivity (Wildman–Crippen MR) is 300 cm³/mol. The molecule has 0 radical (unpaired) electrons. The van der Waals surface area contributed by atoms with Crippen molar-refractivity contribution in [3.63, 3.8) is 0 Å². The minimum atomic E-state index is -5.86. The highest BCUT2D eigenvalue weighted by Crippen LogP contribution is 2.59. The number of carbonyl (C=O) groups is 8. The highest BCUT2D eigenvalue weighted by atomic mass is 32.1. The van der Waals surface area contributed by atoms with Crippen LogP contribution in [0.2, 0.25) is 0 Å². The lowest BCUT2D eigenvalue weighted by Gasteiger charge is -2.38. The summed E-state index contributed by atoms with van der Waals surface area (Å²) in [5.41, 5.74) is 4.01. The van der Waals surface area contributed by atoms with Crippen LogP contribution in [0.1, 0.15) is 117 Å². The van der Waals surface area contributed by atoms with Crippen LogP contribution in [0, 0.1) is 23.7 Å². The third-order valence-electron chi connectivity index (χ3n) is 15.0. The summed E-state index contributed by atoms with van der Waals surface area (Å²) in [4.78, 5) is 130. The highest BCUT2D eigenvalue weighted by Gasteiger charge is 2.51. The van der Waals surface area contributed by atoms with E-state index in [1.54, 1.807) is 31.3 Å². The molecule has 0 saturated carbocycles. The van der Waals surface area contributed by atoms with Gasteiger partial charge in [0.2, 0.25) is 29.5 Å². The SMILES string of the molecule is CN1CC[C@H]2CC[C@@H](C(=O)NC(COC(N)=O)C(=O)NC(c3ccccc3)c3ccc(C#CCCCCC#Cc4cccc5c4CN(C4CCC(=O)NC4=O)C5=O)cc3)N2C(=O)[C@@H](NC(=O)c2cc3cc(C(F)(F)P(=O)(O)O)ccc3s2)C1. The summed E-state index contributed by atoms with van der Waals surface area (Å²) < 4.78 is 46.1. The number of carbonyl (C=O) groups excluding carboxylic acids is 8. The molecule has 0 spiro atoms. The van der Waals surface area contributed by atoms with Crippen molar-refractivity contribution in [2.24, 2.45) is 5.73 Å². The van der Waals surface area contributed by atoms with E-state index in [2.05, 4.69) is 44.9 Å². The van der Waals surface area contributed by atoms with Gasteiger partial charge < -0.3 is 50.9 Å². The average Bonchev–Trinajstić information content (AvgIpc) is 2.84. The largest absolute Gasteiger partial charge is 0.447 e. The number of likely N-dealkylation sites (N-methyl/N-ethyl adjacent to an activating group) is 1. The van der Waals surface area contributed by atoms with Crippen LogP contribution >= 0.6 is 18.9 Å². The first kappa shape index (κ1) is 59.3. The molecule has 3 unspecified atom stereocenters. The Morgan fingerprint density at radius 2 is 1.60 bits per heavy atom. The first-order chi connectivity index (χ1) is 39.7. The molecule has 24 heteroatoms. The number of rotatable bonds is 16. The van der Waals surface area contributed by atoms with Gasteiger partial charge in [0, 0.05) is 65.3 Å². The van der Waals surface area contributed by atoms with Crippen molar-refractivity contribution in [2.75, 3.05) is 26.7 Å². The maximum absolute atomic E-state index is 14.6. The van der Waals surface area contributed by atoms with Gasteiger partial charge in [-0.3, -0.25) is 43.4 Å². The Morgan fingerprint density at radius 1 is 0.880 bits per heavy atom. The molecule has 20 nitrogen and oxygen atoms in total. The molecule has 5 heterocycles. The van der Waals surface area contributed by atoms with Gasteiger partial charge in [0.1, 0.15) is 30.8 Å². The van der Waals surface area contributed by atoms with Crippen LogP contribution in [0.15, 0.2) is 97.1 Å². The number of alkyl halides is 2. The number of benzene rings is 4. The maximum Gasteiger partial charge on any atom is 0.404 e. The lowest BCUT2D eigenvalue weighted by molar-refractivity contribution is -0.144. The molecule has 8 N–H and O–H groups in total. The van der Waals surface area contributed by atoms with E-state index in [9.17, 15) is 61.5 Å². The van der Waals surface area contributed by atoms with E-state index >= 15 is 0 Å². The second kappa shape index (κ2) is 25.5. The standard InChI is InChI=1S/C59H59F2N8O12PS/c1-67-29-28-41-23-24-47(69(41)57(76)44(33-67)63-55(74)49-31-39-30-40(22-26-48(39)83-49)59(60,61)82(78,79)80)54(73)64-45(34-81-58(62)77)52(71)66-51(37-14-9-6-10-15-37)38-20-18-35(19-21-38)12-7-4-2-3-5-8-13-36-16-11-17-42-43(36)32-68(56(42)75)46-25-27-50(70)65-53(46)72/h6,9-11,14-22,26,30-31,41,44-47,51H,2-5,23-25,27-29,32-34H2,1H3,(H2,62,77)(H,63,74)(H,64,73)(H,66,71)(H,65,70,72)(H2,78,79,80)/t41-,44+,45?,46?,47+,51?/m1/s1. The topological polar surface area (TPSA) is 287 Å². The summed E-state index contributed by atoms with van der Waals surface area (Å²) in [6.07, 6.45) is 3.11. The van der Waals surface area contributed by atoms with Crippen LogP contribution in [0.25, 0.3) is 10.1 Å². The fourth-order valence-corrected chi connectivity index (χ4v) is 12.1. The number of thiophene rings is 1. The number of halogens is 2. The smallest absolute Gasteiger partial charge is 0.404 e. The first-order valence-corrected chi connectivity index (χ1v) is 29.3. The molecule has 3 saturated heterocycles.